The number of alkyl carbamates (subject to hydrolysis) is 1. The highest BCUT2D eigenvalue weighted by atomic mass is 16.6. The Morgan fingerprint density at radius 3 is 2.30 bits per heavy atom. The number of nitrogens with one attached hydrogen (secondary N) is 2. The molecule has 0 saturated carbocycles. The molecule has 2 aromatic rings. The lowest BCUT2D eigenvalue weighted by Crippen LogP contribution is -2.52. The van der Waals surface area contributed by atoms with Crippen LogP contribution in [-0.4, -0.2) is 54.1 Å². The number of nitrogens with zero attached hydrogens (tertiary/aromatic N) is 1. The fourth-order valence-corrected chi connectivity index (χ4v) is 3.52. The molecule has 9 nitrogen and oxygen atoms in total. The van der Waals surface area contributed by atoms with Crippen molar-refractivity contribution in [2.75, 3.05) is 13.7 Å². The minimum absolute atomic E-state index is 0.0986. The van der Waals surface area contributed by atoms with E-state index in [-0.39, 0.29) is 6.42 Å². The van der Waals surface area contributed by atoms with Crippen LogP contribution in [0.25, 0.3) is 0 Å². The van der Waals surface area contributed by atoms with Crippen molar-refractivity contribution in [1.82, 2.24) is 15.5 Å². The number of terminal acetylenes is 1. The van der Waals surface area contributed by atoms with E-state index in [0.29, 0.717) is 5.56 Å². The molecule has 2 atom stereocenters. The minimum Gasteiger partial charge on any atom is -0.468 e. The van der Waals surface area contributed by atoms with Crippen molar-refractivity contribution < 1.29 is 28.7 Å². The Kier molecular flexibility index (Phi) is 10.3. The van der Waals surface area contributed by atoms with Crippen molar-refractivity contribution in [2.24, 2.45) is 0 Å². The summed E-state index contributed by atoms with van der Waals surface area (Å²) in [5.74, 6) is -2.04. The molecule has 0 heterocycles. The average molecular weight is 508 g/mol. The highest BCUT2D eigenvalue weighted by molar-refractivity contribution is 5.94. The summed E-state index contributed by atoms with van der Waals surface area (Å²) in [5.41, 5.74) is 1.23. The predicted octanol–water partition coefficient (Wildman–Crippen LogP) is 2.88. The molecule has 2 N–H and O–H groups in total. The molecular weight excluding hydrogens is 474 g/mol. The van der Waals surface area contributed by atoms with E-state index in [1.165, 1.54) is 7.11 Å². The standard InChI is InChI=1S/C28H33N3O6/c1-7-31(24(21-15-11-12-19(2)16-21)25(33)29-18-23(32)36-6)26(34)22(17-20-13-9-8-10-14-20)30-27(35)37-28(3,4)5/h1,8-16,22,24H,17-18H2,2-6H3,(H,29,33)(H,30,35). The minimum atomic E-state index is -1.28. The van der Waals surface area contributed by atoms with Gasteiger partial charge in [0, 0.05) is 12.5 Å². The van der Waals surface area contributed by atoms with Gasteiger partial charge in [0.05, 0.1) is 7.11 Å². The molecule has 0 saturated heterocycles. The Labute approximate surface area is 217 Å². The molecule has 2 rings (SSSR count). The van der Waals surface area contributed by atoms with Gasteiger partial charge in [0.25, 0.3) is 5.91 Å². The molecule has 0 aliphatic heterocycles. The Morgan fingerprint density at radius 1 is 1.05 bits per heavy atom. The quantitative estimate of drug-likeness (QED) is 0.307. The number of hydrogen-bond donors (Lipinski definition) is 2. The molecule has 2 unspecified atom stereocenters. The zero-order chi connectivity index (χ0) is 27.6. The van der Waals surface area contributed by atoms with Gasteiger partial charge in [0.15, 0.2) is 0 Å². The maximum Gasteiger partial charge on any atom is 0.408 e. The van der Waals surface area contributed by atoms with Crippen LogP contribution in [0.2, 0.25) is 0 Å². The summed E-state index contributed by atoms with van der Waals surface area (Å²) in [6.07, 6.45) is 5.07. The summed E-state index contributed by atoms with van der Waals surface area (Å²) >= 11 is 0. The van der Waals surface area contributed by atoms with Gasteiger partial charge in [-0.1, -0.05) is 66.6 Å². The lowest BCUT2D eigenvalue weighted by Gasteiger charge is -2.30. The van der Waals surface area contributed by atoms with Crippen LogP contribution in [-0.2, 0) is 30.3 Å². The van der Waals surface area contributed by atoms with E-state index in [2.05, 4.69) is 21.4 Å². The monoisotopic (exact) mass is 507 g/mol. The Balaban J connectivity index is 2.46. The fraction of sp³-hybridized carbons (Fsp3) is 0.357. The smallest absolute Gasteiger partial charge is 0.408 e. The van der Waals surface area contributed by atoms with Crippen molar-refractivity contribution in [1.29, 1.82) is 0 Å². The predicted molar refractivity (Wildman–Crippen MR) is 138 cm³/mol. The van der Waals surface area contributed by atoms with Crippen molar-refractivity contribution in [3.05, 3.63) is 71.3 Å². The summed E-state index contributed by atoms with van der Waals surface area (Å²) in [4.78, 5) is 52.2. The summed E-state index contributed by atoms with van der Waals surface area (Å²) < 4.78 is 9.94. The van der Waals surface area contributed by atoms with Gasteiger partial charge < -0.3 is 20.1 Å². The number of hydrogen-bond acceptors (Lipinski definition) is 6. The molecule has 0 radical (unpaired) electrons. The maximum atomic E-state index is 13.8. The topological polar surface area (TPSA) is 114 Å². The molecule has 0 aromatic heterocycles. The van der Waals surface area contributed by atoms with Crippen LogP contribution in [0.15, 0.2) is 54.6 Å². The number of methoxy groups -OCH3 is 1. The molecule has 0 bridgehead atoms. The van der Waals surface area contributed by atoms with Crippen molar-refractivity contribution in [2.45, 2.75) is 51.8 Å². The van der Waals surface area contributed by atoms with Gasteiger partial charge in [-0.2, -0.15) is 0 Å². The number of aryl methyl sites for hydroxylation is 1. The third-order valence-electron chi connectivity index (χ3n) is 5.15. The Hall–Kier alpha value is -4.32. The molecule has 0 aliphatic rings. The van der Waals surface area contributed by atoms with E-state index in [1.807, 2.05) is 19.1 Å². The Morgan fingerprint density at radius 2 is 1.73 bits per heavy atom. The van der Waals surface area contributed by atoms with E-state index in [0.717, 1.165) is 16.0 Å². The fourth-order valence-electron chi connectivity index (χ4n) is 3.52. The van der Waals surface area contributed by atoms with Crippen LogP contribution in [0.5, 0.6) is 0 Å². The molecule has 37 heavy (non-hydrogen) atoms. The summed E-state index contributed by atoms with van der Waals surface area (Å²) in [6.45, 7) is 6.53. The Bertz CT molecular complexity index is 1150. The van der Waals surface area contributed by atoms with Gasteiger partial charge in [0.1, 0.15) is 24.2 Å². The van der Waals surface area contributed by atoms with Gasteiger partial charge in [-0.15, -0.1) is 0 Å². The van der Waals surface area contributed by atoms with E-state index in [9.17, 15) is 19.2 Å². The lowest BCUT2D eigenvalue weighted by atomic mass is 9.99. The molecule has 2 aromatic carbocycles. The number of rotatable bonds is 9. The van der Waals surface area contributed by atoms with Crippen molar-refractivity contribution in [3.63, 3.8) is 0 Å². The first-order valence-electron chi connectivity index (χ1n) is 11.7. The lowest BCUT2D eigenvalue weighted by molar-refractivity contribution is -0.142. The van der Waals surface area contributed by atoms with Crippen molar-refractivity contribution in [3.8, 4) is 12.5 Å². The molecule has 0 spiro atoms. The van der Waals surface area contributed by atoms with E-state index >= 15 is 0 Å². The van der Waals surface area contributed by atoms with Crippen LogP contribution >= 0.6 is 0 Å². The number of esters is 1. The second kappa shape index (κ2) is 13.1. The third-order valence-corrected chi connectivity index (χ3v) is 5.15. The number of ether oxygens (including phenoxy) is 2. The van der Waals surface area contributed by atoms with Crippen molar-refractivity contribution >= 4 is 23.9 Å². The molecule has 3 amide bonds. The van der Waals surface area contributed by atoms with Gasteiger partial charge in [-0.25, -0.2) is 4.79 Å². The summed E-state index contributed by atoms with van der Waals surface area (Å²) in [7, 11) is 1.19. The normalized spacial score (nSPS) is 12.3. The SMILES string of the molecule is C#CN(C(=O)C(Cc1ccccc1)NC(=O)OC(C)(C)C)C(C(=O)NCC(=O)OC)c1cccc(C)c1. The second-order valence-corrected chi connectivity index (χ2v) is 9.34. The third kappa shape index (κ3) is 9.00. The van der Waals surface area contributed by atoms with Gasteiger partial charge >= 0.3 is 12.1 Å². The number of benzene rings is 2. The van der Waals surface area contributed by atoms with Crippen LogP contribution < -0.4 is 10.6 Å². The first-order chi connectivity index (χ1) is 17.4. The molecule has 9 heteroatoms. The van der Waals surface area contributed by atoms with E-state index in [4.69, 9.17) is 11.2 Å². The second-order valence-electron chi connectivity index (χ2n) is 9.34. The zero-order valence-corrected chi connectivity index (χ0v) is 21.7. The first kappa shape index (κ1) is 28.9. The molecule has 196 valence electrons. The first-order valence-corrected chi connectivity index (χ1v) is 11.7. The molecule has 0 fully saturated rings. The summed E-state index contributed by atoms with van der Waals surface area (Å²) in [6, 6.07) is 15.9. The number of amides is 3. The van der Waals surface area contributed by atoms with E-state index < -0.39 is 48.1 Å². The van der Waals surface area contributed by atoms with Gasteiger partial charge in [0.2, 0.25) is 5.91 Å². The zero-order valence-electron chi connectivity index (χ0n) is 21.7. The highest BCUT2D eigenvalue weighted by Crippen LogP contribution is 2.23. The van der Waals surface area contributed by atoms with Crippen LogP contribution in [0, 0.1) is 19.4 Å². The van der Waals surface area contributed by atoms with Crippen LogP contribution in [0.4, 0.5) is 4.79 Å². The van der Waals surface area contributed by atoms with Gasteiger partial charge in [-0.05, 0) is 38.8 Å². The van der Waals surface area contributed by atoms with Crippen LogP contribution in [0.3, 0.4) is 0 Å². The number of carbonyl (C=O) groups is 4. The summed E-state index contributed by atoms with van der Waals surface area (Å²) in [5, 5.41) is 5.07. The maximum absolute atomic E-state index is 13.8. The number of carbonyl (C=O) groups excluding carboxylic acids is 4. The van der Waals surface area contributed by atoms with Gasteiger partial charge in [-0.3, -0.25) is 19.3 Å². The average Bonchev–Trinajstić information content (AvgIpc) is 2.84. The molecular formula is C28H33N3O6. The highest BCUT2D eigenvalue weighted by Gasteiger charge is 2.36. The largest absolute Gasteiger partial charge is 0.468 e. The molecule has 0 aliphatic carbocycles. The van der Waals surface area contributed by atoms with Crippen LogP contribution in [0.1, 0.15) is 43.5 Å². The van der Waals surface area contributed by atoms with E-state index in [1.54, 1.807) is 63.2 Å².